The lowest BCUT2D eigenvalue weighted by molar-refractivity contribution is 0.933. The summed E-state index contributed by atoms with van der Waals surface area (Å²) in [6, 6.07) is 9.93. The van der Waals surface area contributed by atoms with Crippen LogP contribution in [-0.4, -0.2) is 17.0 Å². The number of aromatic nitrogens is 2. The van der Waals surface area contributed by atoms with Crippen LogP contribution in [-0.2, 0) is 5.75 Å². The number of nitrogens with one attached hydrogen (secondary N) is 1. The Labute approximate surface area is 128 Å². The van der Waals surface area contributed by atoms with Gasteiger partial charge in [0, 0.05) is 34.6 Å². The van der Waals surface area contributed by atoms with Crippen LogP contribution >= 0.6 is 23.4 Å². The third-order valence-corrected chi connectivity index (χ3v) is 4.43. The summed E-state index contributed by atoms with van der Waals surface area (Å²) in [5, 5.41) is 3.88. The van der Waals surface area contributed by atoms with Gasteiger partial charge in [0.15, 0.2) is 0 Å². The lowest BCUT2D eigenvalue weighted by Gasteiger charge is -2.07. The van der Waals surface area contributed by atoms with Crippen molar-refractivity contribution in [1.29, 1.82) is 0 Å². The predicted molar refractivity (Wildman–Crippen MR) is 84.6 cm³/mol. The predicted octanol–water partition coefficient (Wildman–Crippen LogP) is 4.34. The molecule has 20 heavy (non-hydrogen) atoms. The normalized spacial score (nSPS) is 14.3. The van der Waals surface area contributed by atoms with Crippen molar-refractivity contribution in [3.8, 4) is 0 Å². The second-order valence-corrected chi connectivity index (χ2v) is 6.35. The molecule has 0 atom stereocenters. The molecule has 0 bridgehead atoms. The summed E-state index contributed by atoms with van der Waals surface area (Å²) < 4.78 is 0. The Kier molecular flexibility index (Phi) is 4.13. The maximum atomic E-state index is 5.99. The Morgan fingerprint density at radius 3 is 2.85 bits per heavy atom. The second-order valence-electron chi connectivity index (χ2n) is 4.86. The fraction of sp³-hybridized carbons (Fsp3) is 0.333. The molecule has 0 unspecified atom stereocenters. The van der Waals surface area contributed by atoms with Crippen molar-refractivity contribution in [2.75, 3.05) is 12.4 Å². The van der Waals surface area contributed by atoms with E-state index in [4.69, 9.17) is 11.6 Å². The van der Waals surface area contributed by atoms with Crippen LogP contribution in [0.5, 0.6) is 0 Å². The van der Waals surface area contributed by atoms with E-state index in [1.54, 1.807) is 11.8 Å². The van der Waals surface area contributed by atoms with Crippen molar-refractivity contribution < 1.29 is 0 Å². The Hall–Kier alpha value is -1.26. The van der Waals surface area contributed by atoms with Crippen molar-refractivity contribution in [2.45, 2.75) is 29.4 Å². The van der Waals surface area contributed by atoms with Gasteiger partial charge in [-0.15, -0.1) is 11.8 Å². The Balaban J connectivity index is 1.74. The Bertz CT molecular complexity index is 614. The van der Waals surface area contributed by atoms with Crippen molar-refractivity contribution in [3.05, 3.63) is 46.9 Å². The lowest BCUT2D eigenvalue weighted by Crippen LogP contribution is -2.02. The van der Waals surface area contributed by atoms with Crippen LogP contribution in [0.4, 0.5) is 5.82 Å². The highest BCUT2D eigenvalue weighted by Crippen LogP contribution is 2.39. The third-order valence-electron chi connectivity index (χ3n) is 3.21. The maximum absolute atomic E-state index is 5.99. The zero-order chi connectivity index (χ0) is 13.9. The molecule has 3 rings (SSSR count). The highest BCUT2D eigenvalue weighted by Gasteiger charge is 2.26. The second kappa shape index (κ2) is 6.02. The average molecular weight is 306 g/mol. The molecule has 0 amide bonds. The van der Waals surface area contributed by atoms with Gasteiger partial charge in [-0.1, -0.05) is 17.7 Å². The van der Waals surface area contributed by atoms with Crippen LogP contribution in [0.15, 0.2) is 35.2 Å². The van der Waals surface area contributed by atoms with Crippen molar-refractivity contribution in [1.82, 2.24) is 9.97 Å². The monoisotopic (exact) mass is 305 g/mol. The van der Waals surface area contributed by atoms with E-state index in [2.05, 4.69) is 27.4 Å². The van der Waals surface area contributed by atoms with Gasteiger partial charge in [0.25, 0.3) is 0 Å². The SMILES string of the molecule is CNc1cc(C2CC2)nc(CSc2cccc(Cl)c2)n1. The molecule has 0 saturated heterocycles. The molecule has 1 heterocycles. The van der Waals surface area contributed by atoms with E-state index in [0.29, 0.717) is 5.92 Å². The van der Waals surface area contributed by atoms with Gasteiger partial charge in [-0.2, -0.15) is 0 Å². The van der Waals surface area contributed by atoms with Gasteiger partial charge in [-0.3, -0.25) is 0 Å². The van der Waals surface area contributed by atoms with Crippen LogP contribution in [0.25, 0.3) is 0 Å². The molecule has 1 aliphatic rings. The van der Waals surface area contributed by atoms with E-state index >= 15 is 0 Å². The number of thioether (sulfide) groups is 1. The summed E-state index contributed by atoms with van der Waals surface area (Å²) in [7, 11) is 1.90. The molecule has 1 aliphatic carbocycles. The highest BCUT2D eigenvalue weighted by molar-refractivity contribution is 7.98. The van der Waals surface area contributed by atoms with Gasteiger partial charge < -0.3 is 5.32 Å². The standard InChI is InChI=1S/C15H16ClN3S/c1-17-14-8-13(10-5-6-10)18-15(19-14)9-20-12-4-2-3-11(16)7-12/h2-4,7-8,10H,5-6,9H2,1H3,(H,17,18,19). The van der Waals surface area contributed by atoms with Gasteiger partial charge in [0.2, 0.25) is 0 Å². The number of hydrogen-bond acceptors (Lipinski definition) is 4. The lowest BCUT2D eigenvalue weighted by atomic mass is 10.3. The van der Waals surface area contributed by atoms with E-state index in [-0.39, 0.29) is 0 Å². The summed E-state index contributed by atoms with van der Waals surface area (Å²) in [4.78, 5) is 10.3. The fourth-order valence-corrected chi connectivity index (χ4v) is 3.07. The smallest absolute Gasteiger partial charge is 0.141 e. The minimum atomic E-state index is 0.639. The summed E-state index contributed by atoms with van der Waals surface area (Å²) in [6.45, 7) is 0. The topological polar surface area (TPSA) is 37.8 Å². The quantitative estimate of drug-likeness (QED) is 0.834. The van der Waals surface area contributed by atoms with E-state index < -0.39 is 0 Å². The fourth-order valence-electron chi connectivity index (χ4n) is 2.00. The third kappa shape index (κ3) is 3.44. The van der Waals surface area contributed by atoms with Gasteiger partial charge >= 0.3 is 0 Å². The van der Waals surface area contributed by atoms with E-state index in [1.807, 2.05) is 25.2 Å². The number of benzene rings is 1. The average Bonchev–Trinajstić information content (AvgIpc) is 3.29. The minimum Gasteiger partial charge on any atom is -0.373 e. The molecule has 5 heteroatoms. The zero-order valence-corrected chi connectivity index (χ0v) is 12.8. The highest BCUT2D eigenvalue weighted by atomic mass is 35.5. The van der Waals surface area contributed by atoms with Crippen LogP contribution in [0.3, 0.4) is 0 Å². The number of rotatable bonds is 5. The number of anilines is 1. The van der Waals surface area contributed by atoms with Gasteiger partial charge in [-0.25, -0.2) is 9.97 Å². The first-order valence-electron chi connectivity index (χ1n) is 6.68. The Morgan fingerprint density at radius 2 is 2.15 bits per heavy atom. The molecular formula is C15H16ClN3S. The Morgan fingerprint density at radius 1 is 1.30 bits per heavy atom. The molecule has 1 aromatic heterocycles. The molecule has 2 aromatic rings. The number of nitrogens with zero attached hydrogens (tertiary/aromatic N) is 2. The summed E-state index contributed by atoms with van der Waals surface area (Å²) in [5.74, 6) is 3.18. The van der Waals surface area contributed by atoms with Gasteiger partial charge in [0.05, 0.1) is 5.75 Å². The molecule has 0 radical (unpaired) electrons. The molecular weight excluding hydrogens is 290 g/mol. The number of hydrogen-bond donors (Lipinski definition) is 1. The first-order chi connectivity index (χ1) is 9.74. The molecule has 1 fully saturated rings. The van der Waals surface area contributed by atoms with Crippen molar-refractivity contribution in [3.63, 3.8) is 0 Å². The van der Waals surface area contributed by atoms with Gasteiger partial charge in [0.1, 0.15) is 11.6 Å². The zero-order valence-electron chi connectivity index (χ0n) is 11.3. The van der Waals surface area contributed by atoms with E-state index in [0.717, 1.165) is 27.3 Å². The molecule has 1 saturated carbocycles. The molecule has 1 N–H and O–H groups in total. The summed E-state index contributed by atoms with van der Waals surface area (Å²) in [5.41, 5.74) is 1.17. The molecule has 104 valence electrons. The first kappa shape index (κ1) is 13.7. The van der Waals surface area contributed by atoms with Crippen LogP contribution in [0.1, 0.15) is 30.3 Å². The number of halogens is 1. The molecule has 0 spiro atoms. The van der Waals surface area contributed by atoms with E-state index in [1.165, 1.54) is 18.5 Å². The molecule has 3 nitrogen and oxygen atoms in total. The van der Waals surface area contributed by atoms with Crippen LogP contribution in [0.2, 0.25) is 5.02 Å². The van der Waals surface area contributed by atoms with Crippen molar-refractivity contribution in [2.24, 2.45) is 0 Å². The molecule has 0 aliphatic heterocycles. The largest absolute Gasteiger partial charge is 0.373 e. The van der Waals surface area contributed by atoms with Crippen LogP contribution < -0.4 is 5.32 Å². The van der Waals surface area contributed by atoms with E-state index in [9.17, 15) is 0 Å². The first-order valence-corrected chi connectivity index (χ1v) is 8.05. The summed E-state index contributed by atoms with van der Waals surface area (Å²) >= 11 is 7.71. The summed E-state index contributed by atoms with van der Waals surface area (Å²) in [6.07, 6.45) is 2.50. The van der Waals surface area contributed by atoms with Crippen LogP contribution in [0, 0.1) is 0 Å². The molecule has 1 aromatic carbocycles. The minimum absolute atomic E-state index is 0.639. The van der Waals surface area contributed by atoms with Gasteiger partial charge in [-0.05, 0) is 31.0 Å². The maximum Gasteiger partial charge on any atom is 0.141 e. The van der Waals surface area contributed by atoms with Crippen molar-refractivity contribution >= 4 is 29.2 Å².